The molecule has 86 valence electrons. The predicted octanol–water partition coefficient (Wildman–Crippen LogP) is 1.93. The maximum absolute atomic E-state index is 5.65. The van der Waals surface area contributed by atoms with Crippen molar-refractivity contribution in [3.8, 4) is 0 Å². The lowest BCUT2D eigenvalue weighted by Crippen LogP contribution is -2.19. The second-order valence-corrected chi connectivity index (χ2v) is 4.50. The molecular weight excluding hydrogens is 202 g/mol. The second-order valence-electron chi connectivity index (χ2n) is 4.50. The summed E-state index contributed by atoms with van der Waals surface area (Å²) >= 11 is 0. The van der Waals surface area contributed by atoms with Crippen LogP contribution in [0.2, 0.25) is 0 Å². The molecule has 0 amide bonds. The molecule has 4 heteroatoms. The van der Waals surface area contributed by atoms with E-state index in [0.717, 1.165) is 44.0 Å². The van der Waals surface area contributed by atoms with E-state index in [1.165, 1.54) is 12.8 Å². The zero-order valence-electron chi connectivity index (χ0n) is 9.43. The normalized spacial score (nSPS) is 25.2. The van der Waals surface area contributed by atoms with Gasteiger partial charge in [-0.2, -0.15) is 0 Å². The lowest BCUT2D eigenvalue weighted by Gasteiger charge is -2.17. The van der Waals surface area contributed by atoms with E-state index in [9.17, 15) is 0 Å². The third-order valence-electron chi connectivity index (χ3n) is 3.36. The Labute approximate surface area is 95.7 Å². The van der Waals surface area contributed by atoms with Gasteiger partial charge < -0.3 is 9.64 Å². The average molecular weight is 219 g/mol. The van der Waals surface area contributed by atoms with Gasteiger partial charge in [0.1, 0.15) is 12.1 Å². The van der Waals surface area contributed by atoms with Crippen LogP contribution in [-0.4, -0.2) is 29.7 Å². The van der Waals surface area contributed by atoms with E-state index in [1.54, 1.807) is 6.33 Å². The molecule has 4 nitrogen and oxygen atoms in total. The van der Waals surface area contributed by atoms with Crippen molar-refractivity contribution in [3.63, 3.8) is 0 Å². The van der Waals surface area contributed by atoms with Crippen LogP contribution < -0.4 is 4.90 Å². The van der Waals surface area contributed by atoms with Crippen molar-refractivity contribution in [2.24, 2.45) is 0 Å². The van der Waals surface area contributed by atoms with E-state index in [0.29, 0.717) is 0 Å². The number of nitrogens with zero attached hydrogens (tertiary/aromatic N) is 3. The van der Waals surface area contributed by atoms with Crippen LogP contribution in [0.25, 0.3) is 0 Å². The Hall–Kier alpha value is -1.16. The molecule has 0 aliphatic carbocycles. The van der Waals surface area contributed by atoms with Gasteiger partial charge in [-0.3, -0.25) is 0 Å². The number of ether oxygens (including phenoxy) is 1. The van der Waals surface area contributed by atoms with Crippen LogP contribution in [0.15, 0.2) is 12.4 Å². The van der Waals surface area contributed by atoms with E-state index in [-0.39, 0.29) is 6.10 Å². The Morgan fingerprint density at radius 1 is 1.19 bits per heavy atom. The highest BCUT2D eigenvalue weighted by Crippen LogP contribution is 2.28. The first-order chi connectivity index (χ1) is 7.93. The Bertz CT molecular complexity index is 326. The number of aromatic nitrogens is 2. The molecule has 0 spiro atoms. The smallest absolute Gasteiger partial charge is 0.132 e. The number of rotatable bonds is 2. The molecule has 16 heavy (non-hydrogen) atoms. The van der Waals surface area contributed by atoms with Crippen LogP contribution in [0.5, 0.6) is 0 Å². The van der Waals surface area contributed by atoms with Crippen LogP contribution in [0.1, 0.15) is 37.5 Å². The predicted molar refractivity (Wildman–Crippen MR) is 61.4 cm³/mol. The van der Waals surface area contributed by atoms with Gasteiger partial charge in [0.2, 0.25) is 0 Å². The summed E-state index contributed by atoms with van der Waals surface area (Å²) in [6, 6.07) is 2.10. The van der Waals surface area contributed by atoms with Crippen LogP contribution in [0.4, 0.5) is 5.82 Å². The van der Waals surface area contributed by atoms with Crippen LogP contribution >= 0.6 is 0 Å². The molecule has 0 radical (unpaired) electrons. The lowest BCUT2D eigenvalue weighted by atomic mass is 10.2. The lowest BCUT2D eigenvalue weighted by molar-refractivity contribution is 0.108. The molecule has 1 atom stereocenters. The summed E-state index contributed by atoms with van der Waals surface area (Å²) in [5.74, 6) is 1.07. The highest BCUT2D eigenvalue weighted by atomic mass is 16.5. The second kappa shape index (κ2) is 4.37. The molecule has 1 aromatic rings. The fraction of sp³-hybridized carbons (Fsp3) is 0.667. The Morgan fingerprint density at radius 2 is 2.06 bits per heavy atom. The molecular formula is C12H17N3O. The molecule has 0 N–H and O–H groups in total. The molecule has 3 heterocycles. The molecule has 0 aromatic carbocycles. The van der Waals surface area contributed by atoms with Crippen molar-refractivity contribution in [3.05, 3.63) is 18.1 Å². The first kappa shape index (κ1) is 10.0. The Morgan fingerprint density at radius 3 is 2.81 bits per heavy atom. The molecule has 2 aliphatic heterocycles. The minimum Gasteiger partial charge on any atom is -0.372 e. The van der Waals surface area contributed by atoms with E-state index in [4.69, 9.17) is 4.74 Å². The maximum Gasteiger partial charge on any atom is 0.132 e. The number of hydrogen-bond acceptors (Lipinski definition) is 4. The minimum absolute atomic E-state index is 0.198. The van der Waals surface area contributed by atoms with E-state index in [1.807, 2.05) is 0 Å². The van der Waals surface area contributed by atoms with Crippen molar-refractivity contribution in [1.82, 2.24) is 9.97 Å². The van der Waals surface area contributed by atoms with Gasteiger partial charge in [0.05, 0.1) is 11.8 Å². The maximum atomic E-state index is 5.65. The minimum atomic E-state index is 0.198. The molecule has 1 aromatic heterocycles. The molecule has 0 bridgehead atoms. The van der Waals surface area contributed by atoms with Gasteiger partial charge >= 0.3 is 0 Å². The summed E-state index contributed by atoms with van der Waals surface area (Å²) in [5, 5.41) is 0. The molecule has 2 fully saturated rings. The summed E-state index contributed by atoms with van der Waals surface area (Å²) in [4.78, 5) is 11.0. The van der Waals surface area contributed by atoms with Crippen LogP contribution in [0, 0.1) is 0 Å². The quantitative estimate of drug-likeness (QED) is 0.761. The van der Waals surface area contributed by atoms with E-state index in [2.05, 4.69) is 20.9 Å². The molecule has 1 unspecified atom stereocenters. The third kappa shape index (κ3) is 1.89. The molecule has 2 aliphatic rings. The highest BCUT2D eigenvalue weighted by Gasteiger charge is 2.21. The summed E-state index contributed by atoms with van der Waals surface area (Å²) in [6.45, 7) is 3.12. The van der Waals surface area contributed by atoms with Gasteiger partial charge in [-0.05, 0) is 25.7 Å². The SMILES string of the molecule is c1nc(C2CCCO2)cc(N2CCCC2)n1. The number of hydrogen-bond donors (Lipinski definition) is 0. The summed E-state index contributed by atoms with van der Waals surface area (Å²) in [7, 11) is 0. The number of anilines is 1. The Kier molecular flexibility index (Phi) is 2.74. The fourth-order valence-corrected chi connectivity index (χ4v) is 2.47. The van der Waals surface area contributed by atoms with E-state index >= 15 is 0 Å². The van der Waals surface area contributed by atoms with Crippen molar-refractivity contribution in [2.45, 2.75) is 31.8 Å². The molecule has 2 saturated heterocycles. The zero-order valence-corrected chi connectivity index (χ0v) is 9.43. The van der Waals surface area contributed by atoms with Crippen molar-refractivity contribution in [1.29, 1.82) is 0 Å². The van der Waals surface area contributed by atoms with Gasteiger partial charge in [-0.25, -0.2) is 9.97 Å². The van der Waals surface area contributed by atoms with Crippen LogP contribution in [0.3, 0.4) is 0 Å². The van der Waals surface area contributed by atoms with Crippen LogP contribution in [-0.2, 0) is 4.74 Å². The monoisotopic (exact) mass is 219 g/mol. The largest absolute Gasteiger partial charge is 0.372 e. The summed E-state index contributed by atoms with van der Waals surface area (Å²) in [6.07, 6.45) is 6.66. The molecule has 3 rings (SSSR count). The first-order valence-electron chi connectivity index (χ1n) is 6.12. The van der Waals surface area contributed by atoms with Gasteiger partial charge in [0.25, 0.3) is 0 Å². The van der Waals surface area contributed by atoms with Gasteiger partial charge in [-0.15, -0.1) is 0 Å². The first-order valence-corrected chi connectivity index (χ1v) is 6.12. The summed E-state index contributed by atoms with van der Waals surface area (Å²) < 4.78 is 5.65. The standard InChI is InChI=1S/C12H17N3O/c1-2-6-15(5-1)12-8-10(13-9-14-12)11-4-3-7-16-11/h8-9,11H,1-7H2. The van der Waals surface area contributed by atoms with Crippen molar-refractivity contribution >= 4 is 5.82 Å². The average Bonchev–Trinajstić information content (AvgIpc) is 3.03. The van der Waals surface area contributed by atoms with E-state index < -0.39 is 0 Å². The van der Waals surface area contributed by atoms with Crippen molar-refractivity contribution < 1.29 is 4.74 Å². The zero-order chi connectivity index (χ0) is 10.8. The fourth-order valence-electron chi connectivity index (χ4n) is 2.47. The summed E-state index contributed by atoms with van der Waals surface area (Å²) in [5.41, 5.74) is 1.05. The third-order valence-corrected chi connectivity index (χ3v) is 3.36. The van der Waals surface area contributed by atoms with Gasteiger partial charge in [-0.1, -0.05) is 0 Å². The van der Waals surface area contributed by atoms with Crippen molar-refractivity contribution in [2.75, 3.05) is 24.6 Å². The highest BCUT2D eigenvalue weighted by molar-refractivity contribution is 5.40. The topological polar surface area (TPSA) is 38.2 Å². The molecule has 0 saturated carbocycles. The van der Waals surface area contributed by atoms with Gasteiger partial charge in [0, 0.05) is 25.8 Å². The Balaban J connectivity index is 1.81. The van der Waals surface area contributed by atoms with Gasteiger partial charge in [0.15, 0.2) is 0 Å².